The lowest BCUT2D eigenvalue weighted by Gasteiger charge is -2.08. The first-order chi connectivity index (χ1) is 13.5. The minimum Gasteiger partial charge on any atom is -0.489 e. The molecule has 0 spiro atoms. The van der Waals surface area contributed by atoms with Gasteiger partial charge in [0.25, 0.3) is 0 Å². The minimum atomic E-state index is -0.246. The Labute approximate surface area is 163 Å². The van der Waals surface area contributed by atoms with Gasteiger partial charge in [-0.1, -0.05) is 35.5 Å². The van der Waals surface area contributed by atoms with Gasteiger partial charge in [0.05, 0.1) is 17.7 Å². The Balaban J connectivity index is 1.44. The van der Waals surface area contributed by atoms with E-state index in [1.165, 1.54) is 6.07 Å². The average Bonchev–Trinajstić information content (AvgIpc) is 3.00. The minimum absolute atomic E-state index is 0.0965. The Bertz CT molecular complexity index is 916. The van der Waals surface area contributed by atoms with Gasteiger partial charge in [0.15, 0.2) is 0 Å². The highest BCUT2D eigenvalue weighted by atomic mass is 19.1. The maximum atomic E-state index is 13.6. The molecular weight excluding hydrogens is 359 g/mol. The molecule has 6 heteroatoms. The summed E-state index contributed by atoms with van der Waals surface area (Å²) in [6.07, 6.45) is 0.730. The SMILES string of the molecule is Cc1noc(C)c1COc1ccc(CC(=O)NCCc2ccccc2F)cc1. The highest BCUT2D eigenvalue weighted by Gasteiger charge is 2.10. The van der Waals surface area contributed by atoms with E-state index in [1.54, 1.807) is 18.2 Å². The average molecular weight is 382 g/mol. The number of carbonyl (C=O) groups excluding carboxylic acids is 1. The van der Waals surface area contributed by atoms with E-state index in [0.717, 1.165) is 22.6 Å². The maximum Gasteiger partial charge on any atom is 0.224 e. The van der Waals surface area contributed by atoms with Gasteiger partial charge >= 0.3 is 0 Å². The predicted octanol–water partition coefficient (Wildman–Crippen LogP) is 3.91. The van der Waals surface area contributed by atoms with Gasteiger partial charge in [-0.05, 0) is 49.6 Å². The van der Waals surface area contributed by atoms with Crippen molar-refractivity contribution in [2.24, 2.45) is 0 Å². The number of nitrogens with one attached hydrogen (secondary N) is 1. The molecular formula is C22H23FN2O3. The van der Waals surface area contributed by atoms with E-state index in [-0.39, 0.29) is 18.1 Å². The van der Waals surface area contributed by atoms with Gasteiger partial charge in [-0.15, -0.1) is 0 Å². The summed E-state index contributed by atoms with van der Waals surface area (Å²) in [6, 6.07) is 14.0. The summed E-state index contributed by atoms with van der Waals surface area (Å²) in [5.74, 6) is 1.12. The van der Waals surface area contributed by atoms with Crippen LogP contribution in [0.15, 0.2) is 53.1 Å². The van der Waals surface area contributed by atoms with Crippen molar-refractivity contribution in [3.8, 4) is 5.75 Å². The summed E-state index contributed by atoms with van der Waals surface area (Å²) in [6.45, 7) is 4.52. The van der Waals surface area contributed by atoms with E-state index in [1.807, 2.05) is 38.1 Å². The third-order valence-electron chi connectivity index (χ3n) is 4.53. The summed E-state index contributed by atoms with van der Waals surface area (Å²) in [5.41, 5.74) is 3.25. The normalized spacial score (nSPS) is 10.7. The fraction of sp³-hybridized carbons (Fsp3) is 0.273. The monoisotopic (exact) mass is 382 g/mol. The second-order valence-electron chi connectivity index (χ2n) is 6.60. The summed E-state index contributed by atoms with van der Waals surface area (Å²) >= 11 is 0. The molecule has 0 bridgehead atoms. The Morgan fingerprint density at radius 1 is 1.14 bits per heavy atom. The summed E-state index contributed by atoms with van der Waals surface area (Å²) in [5, 5.41) is 6.73. The number of benzene rings is 2. The van der Waals surface area contributed by atoms with Crippen molar-refractivity contribution in [1.29, 1.82) is 0 Å². The molecule has 3 aromatic rings. The van der Waals surface area contributed by atoms with Gasteiger partial charge in [-0.2, -0.15) is 0 Å². The molecule has 0 radical (unpaired) electrons. The zero-order valence-corrected chi connectivity index (χ0v) is 16.0. The van der Waals surface area contributed by atoms with Crippen LogP contribution in [-0.4, -0.2) is 17.6 Å². The molecule has 1 aromatic heterocycles. The quantitative estimate of drug-likeness (QED) is 0.642. The number of amides is 1. The lowest BCUT2D eigenvalue weighted by atomic mass is 10.1. The molecule has 0 unspecified atom stereocenters. The van der Waals surface area contributed by atoms with Gasteiger partial charge in [-0.25, -0.2) is 4.39 Å². The van der Waals surface area contributed by atoms with Gasteiger partial charge in [0.1, 0.15) is 23.9 Å². The molecule has 0 saturated carbocycles. The van der Waals surface area contributed by atoms with Crippen molar-refractivity contribution < 1.29 is 18.4 Å². The molecule has 1 heterocycles. The number of halogens is 1. The van der Waals surface area contributed by atoms with E-state index in [4.69, 9.17) is 9.26 Å². The van der Waals surface area contributed by atoms with Crippen molar-refractivity contribution in [3.05, 3.63) is 82.5 Å². The van der Waals surface area contributed by atoms with Crippen molar-refractivity contribution >= 4 is 5.91 Å². The first kappa shape index (κ1) is 19.6. The molecule has 0 aliphatic rings. The van der Waals surface area contributed by atoms with Crippen molar-refractivity contribution in [2.45, 2.75) is 33.3 Å². The predicted molar refractivity (Wildman–Crippen MR) is 104 cm³/mol. The lowest BCUT2D eigenvalue weighted by Crippen LogP contribution is -2.27. The first-order valence-corrected chi connectivity index (χ1v) is 9.16. The van der Waals surface area contributed by atoms with E-state index >= 15 is 0 Å². The lowest BCUT2D eigenvalue weighted by molar-refractivity contribution is -0.120. The molecule has 0 aliphatic carbocycles. The van der Waals surface area contributed by atoms with E-state index < -0.39 is 0 Å². The highest BCUT2D eigenvalue weighted by Crippen LogP contribution is 2.18. The van der Waals surface area contributed by atoms with E-state index in [2.05, 4.69) is 10.5 Å². The zero-order chi connectivity index (χ0) is 19.9. The maximum absolute atomic E-state index is 13.6. The molecule has 1 N–H and O–H groups in total. The number of carbonyl (C=O) groups is 1. The van der Waals surface area contributed by atoms with E-state index in [9.17, 15) is 9.18 Å². The van der Waals surface area contributed by atoms with Crippen LogP contribution in [0.1, 0.15) is 28.1 Å². The Kier molecular flexibility index (Phi) is 6.42. The Morgan fingerprint density at radius 2 is 1.89 bits per heavy atom. The van der Waals surface area contributed by atoms with E-state index in [0.29, 0.717) is 30.9 Å². The van der Waals surface area contributed by atoms with Crippen LogP contribution in [0.4, 0.5) is 4.39 Å². The van der Waals surface area contributed by atoms with Crippen LogP contribution in [0.25, 0.3) is 0 Å². The third-order valence-corrected chi connectivity index (χ3v) is 4.53. The number of rotatable bonds is 8. The summed E-state index contributed by atoms with van der Waals surface area (Å²) in [4.78, 5) is 12.1. The summed E-state index contributed by atoms with van der Waals surface area (Å²) in [7, 11) is 0. The molecule has 0 fully saturated rings. The fourth-order valence-electron chi connectivity index (χ4n) is 2.85. The number of nitrogens with zero attached hydrogens (tertiary/aromatic N) is 1. The standard InChI is InChI=1S/C22H23FN2O3/c1-15-20(16(2)28-25-15)14-27-19-9-7-17(8-10-19)13-22(26)24-12-11-18-5-3-4-6-21(18)23/h3-10H,11-14H2,1-2H3,(H,24,26). The van der Waals surface area contributed by atoms with Gasteiger partial charge < -0.3 is 14.6 Å². The van der Waals surface area contributed by atoms with Crippen LogP contribution < -0.4 is 10.1 Å². The van der Waals surface area contributed by atoms with Crippen LogP contribution in [0.3, 0.4) is 0 Å². The molecule has 0 saturated heterocycles. The topological polar surface area (TPSA) is 64.4 Å². The largest absolute Gasteiger partial charge is 0.489 e. The first-order valence-electron chi connectivity index (χ1n) is 9.16. The summed E-state index contributed by atoms with van der Waals surface area (Å²) < 4.78 is 24.4. The smallest absolute Gasteiger partial charge is 0.224 e. The van der Waals surface area contributed by atoms with Gasteiger partial charge in [-0.3, -0.25) is 4.79 Å². The molecule has 0 aliphatic heterocycles. The van der Waals surface area contributed by atoms with Gasteiger partial charge in [0.2, 0.25) is 5.91 Å². The third kappa shape index (κ3) is 5.19. The molecule has 5 nitrogen and oxygen atoms in total. The number of aryl methyl sites for hydroxylation is 2. The molecule has 3 rings (SSSR count). The Hall–Kier alpha value is -3.15. The Morgan fingerprint density at radius 3 is 2.57 bits per heavy atom. The molecule has 28 heavy (non-hydrogen) atoms. The van der Waals surface area contributed by atoms with Crippen LogP contribution in [0, 0.1) is 19.7 Å². The molecule has 0 atom stereocenters. The van der Waals surface area contributed by atoms with Crippen LogP contribution in [-0.2, 0) is 24.2 Å². The van der Waals surface area contributed by atoms with Crippen molar-refractivity contribution in [2.75, 3.05) is 6.54 Å². The molecule has 146 valence electrons. The number of hydrogen-bond donors (Lipinski definition) is 1. The number of ether oxygens (including phenoxy) is 1. The highest BCUT2D eigenvalue weighted by molar-refractivity contribution is 5.78. The van der Waals surface area contributed by atoms with Crippen LogP contribution >= 0.6 is 0 Å². The zero-order valence-electron chi connectivity index (χ0n) is 16.0. The van der Waals surface area contributed by atoms with Crippen molar-refractivity contribution in [3.63, 3.8) is 0 Å². The fourth-order valence-corrected chi connectivity index (χ4v) is 2.85. The number of hydrogen-bond acceptors (Lipinski definition) is 4. The second kappa shape index (κ2) is 9.17. The van der Waals surface area contributed by atoms with Crippen LogP contribution in [0.5, 0.6) is 5.75 Å². The molecule has 1 amide bonds. The second-order valence-corrected chi connectivity index (χ2v) is 6.60. The van der Waals surface area contributed by atoms with Crippen molar-refractivity contribution in [1.82, 2.24) is 10.5 Å². The van der Waals surface area contributed by atoms with Gasteiger partial charge in [0, 0.05) is 6.54 Å². The van der Waals surface area contributed by atoms with Crippen LogP contribution in [0.2, 0.25) is 0 Å². The molecule has 2 aromatic carbocycles. The number of aromatic nitrogens is 1.